The molecule has 0 spiro atoms. The molecule has 1 N–H and O–H groups in total. The summed E-state index contributed by atoms with van der Waals surface area (Å²) in [6.45, 7) is 1.28. The average Bonchev–Trinajstić information content (AvgIpc) is 2.39. The second kappa shape index (κ2) is 5.88. The quantitative estimate of drug-likeness (QED) is 0.839. The number of rotatable bonds is 4. The molecule has 0 amide bonds. The predicted octanol–water partition coefficient (Wildman–Crippen LogP) is 4.10. The molecule has 3 rings (SSSR count). The van der Waals surface area contributed by atoms with Crippen LogP contribution in [0, 0.1) is 5.92 Å². The van der Waals surface area contributed by atoms with Crippen LogP contribution in [0.5, 0.6) is 0 Å². The lowest BCUT2D eigenvalue weighted by Gasteiger charge is -2.32. The summed E-state index contributed by atoms with van der Waals surface area (Å²) < 4.78 is 0. The molecule has 18 heavy (non-hydrogen) atoms. The molecular weight excluding hydrogens is 218 g/mol. The van der Waals surface area contributed by atoms with E-state index < -0.39 is 0 Å². The van der Waals surface area contributed by atoms with Crippen LogP contribution >= 0.6 is 0 Å². The van der Waals surface area contributed by atoms with Crippen LogP contribution in [0.1, 0.15) is 56.4 Å². The summed E-state index contributed by atoms with van der Waals surface area (Å²) in [6.07, 6.45) is 9.86. The zero-order valence-electron chi connectivity index (χ0n) is 11.3. The second-order valence-corrected chi connectivity index (χ2v) is 6.16. The molecule has 1 aromatic carbocycles. The maximum atomic E-state index is 3.80. The van der Waals surface area contributed by atoms with Crippen LogP contribution in [0.25, 0.3) is 0 Å². The summed E-state index contributed by atoms with van der Waals surface area (Å²) in [5.41, 5.74) is 1.55. The predicted molar refractivity (Wildman–Crippen MR) is 76.8 cm³/mol. The summed E-state index contributed by atoms with van der Waals surface area (Å²) in [4.78, 5) is 0. The van der Waals surface area contributed by atoms with Crippen LogP contribution in [0.3, 0.4) is 0 Å². The van der Waals surface area contributed by atoms with E-state index in [2.05, 4.69) is 35.6 Å². The van der Waals surface area contributed by atoms with E-state index in [0.29, 0.717) is 0 Å². The van der Waals surface area contributed by atoms with Gasteiger partial charge in [-0.05, 0) is 62.5 Å². The normalized spacial score (nSPS) is 28.9. The number of hydrogen-bond acceptors (Lipinski definition) is 1. The topological polar surface area (TPSA) is 12.0 Å². The van der Waals surface area contributed by atoms with Gasteiger partial charge in [0.2, 0.25) is 0 Å². The molecule has 2 saturated carbocycles. The van der Waals surface area contributed by atoms with Crippen molar-refractivity contribution in [2.24, 2.45) is 5.92 Å². The van der Waals surface area contributed by atoms with Gasteiger partial charge >= 0.3 is 0 Å². The molecule has 0 saturated heterocycles. The van der Waals surface area contributed by atoms with Crippen molar-refractivity contribution < 1.29 is 0 Å². The monoisotopic (exact) mass is 243 g/mol. The van der Waals surface area contributed by atoms with Crippen molar-refractivity contribution in [2.75, 3.05) is 6.54 Å². The van der Waals surface area contributed by atoms with E-state index in [-0.39, 0.29) is 0 Å². The van der Waals surface area contributed by atoms with Gasteiger partial charge in [0.1, 0.15) is 0 Å². The molecule has 2 fully saturated rings. The Bertz CT molecular complexity index is 347. The van der Waals surface area contributed by atoms with E-state index in [1.807, 2.05) is 0 Å². The minimum absolute atomic E-state index is 0.797. The van der Waals surface area contributed by atoms with E-state index >= 15 is 0 Å². The van der Waals surface area contributed by atoms with Gasteiger partial charge in [0.05, 0.1) is 0 Å². The van der Waals surface area contributed by atoms with Gasteiger partial charge in [-0.1, -0.05) is 36.8 Å². The molecule has 0 radical (unpaired) electrons. The lowest BCUT2D eigenvalue weighted by Crippen LogP contribution is -2.37. The molecular formula is C17H25N. The Kier molecular flexibility index (Phi) is 3.99. The molecule has 0 unspecified atom stereocenters. The minimum atomic E-state index is 0.797. The van der Waals surface area contributed by atoms with Gasteiger partial charge in [-0.2, -0.15) is 0 Å². The molecule has 0 aromatic heterocycles. The Morgan fingerprint density at radius 2 is 1.61 bits per heavy atom. The maximum absolute atomic E-state index is 3.80. The highest BCUT2D eigenvalue weighted by Crippen LogP contribution is 2.33. The molecule has 0 aliphatic heterocycles. The molecule has 1 nitrogen and oxygen atoms in total. The summed E-state index contributed by atoms with van der Waals surface area (Å²) in [5.74, 6) is 1.81. The van der Waals surface area contributed by atoms with Crippen LogP contribution in [-0.2, 0) is 0 Å². The van der Waals surface area contributed by atoms with Crippen molar-refractivity contribution in [3.8, 4) is 0 Å². The van der Waals surface area contributed by atoms with Crippen LogP contribution in [0.2, 0.25) is 0 Å². The SMILES string of the molecule is c1ccc(C2CCC(NCC3CCC3)CC2)cc1. The first-order valence-corrected chi connectivity index (χ1v) is 7.70. The van der Waals surface area contributed by atoms with E-state index in [4.69, 9.17) is 0 Å². The van der Waals surface area contributed by atoms with Crippen LogP contribution in [0.4, 0.5) is 0 Å². The molecule has 2 aliphatic carbocycles. The van der Waals surface area contributed by atoms with Crippen molar-refractivity contribution in [1.29, 1.82) is 0 Å². The van der Waals surface area contributed by atoms with Crippen LogP contribution in [0.15, 0.2) is 30.3 Å². The zero-order valence-corrected chi connectivity index (χ0v) is 11.3. The van der Waals surface area contributed by atoms with E-state index in [1.54, 1.807) is 5.56 Å². The molecule has 0 atom stereocenters. The van der Waals surface area contributed by atoms with E-state index in [9.17, 15) is 0 Å². The molecule has 98 valence electrons. The third-order valence-corrected chi connectivity index (χ3v) is 4.92. The molecule has 1 aromatic rings. The first kappa shape index (κ1) is 12.2. The highest BCUT2D eigenvalue weighted by atomic mass is 14.9. The van der Waals surface area contributed by atoms with Crippen molar-refractivity contribution in [2.45, 2.75) is 56.9 Å². The molecule has 1 heteroatoms. The Morgan fingerprint density at radius 1 is 0.889 bits per heavy atom. The van der Waals surface area contributed by atoms with Gasteiger partial charge in [0, 0.05) is 6.04 Å². The van der Waals surface area contributed by atoms with Crippen LogP contribution in [-0.4, -0.2) is 12.6 Å². The molecule has 0 heterocycles. The lowest BCUT2D eigenvalue weighted by atomic mass is 9.81. The fraction of sp³-hybridized carbons (Fsp3) is 0.647. The average molecular weight is 243 g/mol. The Hall–Kier alpha value is -0.820. The zero-order chi connectivity index (χ0) is 12.2. The smallest absolute Gasteiger partial charge is 0.00676 e. The Morgan fingerprint density at radius 3 is 2.22 bits per heavy atom. The van der Waals surface area contributed by atoms with Gasteiger partial charge in [0.25, 0.3) is 0 Å². The van der Waals surface area contributed by atoms with Gasteiger partial charge in [-0.25, -0.2) is 0 Å². The van der Waals surface area contributed by atoms with Crippen molar-refractivity contribution in [3.05, 3.63) is 35.9 Å². The first-order valence-electron chi connectivity index (χ1n) is 7.70. The Balaban J connectivity index is 1.43. The molecule has 2 aliphatic rings. The Labute approximate surface area is 111 Å². The summed E-state index contributed by atoms with van der Waals surface area (Å²) in [6, 6.07) is 11.9. The van der Waals surface area contributed by atoms with E-state index in [0.717, 1.165) is 17.9 Å². The van der Waals surface area contributed by atoms with Crippen molar-refractivity contribution in [1.82, 2.24) is 5.32 Å². The first-order chi connectivity index (χ1) is 8.92. The number of hydrogen-bond donors (Lipinski definition) is 1. The van der Waals surface area contributed by atoms with Crippen LogP contribution < -0.4 is 5.32 Å². The standard InChI is InChI=1S/C17H25N/c1-2-7-15(8-3-1)16-9-11-17(12-10-16)18-13-14-5-4-6-14/h1-3,7-8,14,16-18H,4-6,9-13H2. The minimum Gasteiger partial charge on any atom is -0.314 e. The fourth-order valence-electron chi connectivity index (χ4n) is 3.39. The van der Waals surface area contributed by atoms with Gasteiger partial charge < -0.3 is 5.32 Å². The highest BCUT2D eigenvalue weighted by molar-refractivity contribution is 5.20. The largest absolute Gasteiger partial charge is 0.314 e. The number of benzene rings is 1. The number of nitrogens with one attached hydrogen (secondary N) is 1. The summed E-state index contributed by atoms with van der Waals surface area (Å²) in [5, 5.41) is 3.80. The van der Waals surface area contributed by atoms with E-state index in [1.165, 1.54) is 51.5 Å². The van der Waals surface area contributed by atoms with Crippen molar-refractivity contribution >= 4 is 0 Å². The lowest BCUT2D eigenvalue weighted by molar-refractivity contribution is 0.264. The van der Waals surface area contributed by atoms with Crippen molar-refractivity contribution in [3.63, 3.8) is 0 Å². The summed E-state index contributed by atoms with van der Waals surface area (Å²) in [7, 11) is 0. The molecule has 0 bridgehead atoms. The summed E-state index contributed by atoms with van der Waals surface area (Å²) >= 11 is 0. The highest BCUT2D eigenvalue weighted by Gasteiger charge is 2.23. The maximum Gasteiger partial charge on any atom is 0.00676 e. The van der Waals surface area contributed by atoms with Gasteiger partial charge in [-0.3, -0.25) is 0 Å². The van der Waals surface area contributed by atoms with Gasteiger partial charge in [0.15, 0.2) is 0 Å². The second-order valence-electron chi connectivity index (χ2n) is 6.16. The van der Waals surface area contributed by atoms with Gasteiger partial charge in [-0.15, -0.1) is 0 Å². The third kappa shape index (κ3) is 2.95. The third-order valence-electron chi connectivity index (χ3n) is 4.92. The fourth-order valence-corrected chi connectivity index (χ4v) is 3.39.